The first-order chi connectivity index (χ1) is 6.59. The van der Waals surface area contributed by atoms with Crippen LogP contribution >= 0.6 is 0 Å². The molecule has 0 aromatic carbocycles. The van der Waals surface area contributed by atoms with Crippen molar-refractivity contribution >= 4 is 9.84 Å². The van der Waals surface area contributed by atoms with E-state index in [1.807, 2.05) is 0 Å². The highest BCUT2D eigenvalue weighted by Crippen LogP contribution is 2.17. The van der Waals surface area contributed by atoms with Crippen molar-refractivity contribution < 1.29 is 8.42 Å². The summed E-state index contributed by atoms with van der Waals surface area (Å²) < 4.78 is 22.6. The fraction of sp³-hybridized carbons (Fsp3) is 1.00. The molecule has 0 aliphatic carbocycles. The van der Waals surface area contributed by atoms with Crippen molar-refractivity contribution in [3.05, 3.63) is 0 Å². The van der Waals surface area contributed by atoms with Crippen LogP contribution in [0.1, 0.15) is 19.8 Å². The van der Waals surface area contributed by atoms with Crippen molar-refractivity contribution in [2.75, 3.05) is 31.1 Å². The van der Waals surface area contributed by atoms with E-state index < -0.39 is 9.84 Å². The van der Waals surface area contributed by atoms with Gasteiger partial charge in [0.1, 0.15) is 0 Å². The molecule has 1 unspecified atom stereocenters. The Hall–Kier alpha value is -0.130. The largest absolute Gasteiger partial charge is 0.330 e. The summed E-state index contributed by atoms with van der Waals surface area (Å²) in [6.45, 7) is 4.59. The molecule has 1 heterocycles. The average molecular weight is 220 g/mol. The van der Waals surface area contributed by atoms with Crippen LogP contribution in [-0.4, -0.2) is 50.5 Å². The second-order valence-corrected chi connectivity index (χ2v) is 6.06. The van der Waals surface area contributed by atoms with Gasteiger partial charge in [-0.05, 0) is 32.5 Å². The average Bonchev–Trinajstić information content (AvgIpc) is 2.48. The molecule has 1 aliphatic rings. The lowest BCUT2D eigenvalue weighted by Gasteiger charge is -2.26. The molecule has 1 aliphatic heterocycles. The normalized spacial score (nSPS) is 25.8. The summed E-state index contributed by atoms with van der Waals surface area (Å²) in [4.78, 5) is 2.23. The summed E-state index contributed by atoms with van der Waals surface area (Å²) >= 11 is 0. The highest BCUT2D eigenvalue weighted by Gasteiger charge is 2.31. The Morgan fingerprint density at radius 3 is 2.64 bits per heavy atom. The number of rotatable bonds is 5. The summed E-state index contributed by atoms with van der Waals surface area (Å²) in [6, 6.07) is 0.233. The molecule has 0 amide bonds. The summed E-state index contributed by atoms with van der Waals surface area (Å²) in [5.74, 6) is 0.697. The van der Waals surface area contributed by atoms with Crippen molar-refractivity contribution in [1.82, 2.24) is 4.90 Å². The summed E-state index contributed by atoms with van der Waals surface area (Å²) in [7, 11) is -2.75. The lowest BCUT2D eigenvalue weighted by molar-refractivity contribution is 0.222. The number of hydrogen-bond donors (Lipinski definition) is 1. The number of nitrogens with two attached hydrogens (primary N) is 1. The van der Waals surface area contributed by atoms with Crippen LogP contribution in [0.3, 0.4) is 0 Å². The van der Waals surface area contributed by atoms with Gasteiger partial charge in [0, 0.05) is 6.04 Å². The molecule has 84 valence electrons. The molecule has 0 bridgehead atoms. The van der Waals surface area contributed by atoms with Gasteiger partial charge in [-0.2, -0.15) is 0 Å². The third-order valence-corrected chi connectivity index (χ3v) is 4.53. The maximum atomic E-state index is 11.3. The monoisotopic (exact) mass is 220 g/mol. The lowest BCUT2D eigenvalue weighted by Crippen LogP contribution is -2.37. The van der Waals surface area contributed by atoms with Gasteiger partial charge >= 0.3 is 0 Å². The van der Waals surface area contributed by atoms with Gasteiger partial charge in [0.2, 0.25) is 0 Å². The number of nitrogens with zero attached hydrogens (tertiary/aromatic N) is 1. The topological polar surface area (TPSA) is 63.4 Å². The molecule has 14 heavy (non-hydrogen) atoms. The first kappa shape index (κ1) is 11.9. The molecule has 2 N–H and O–H groups in total. The summed E-state index contributed by atoms with van der Waals surface area (Å²) in [5.41, 5.74) is 5.44. The Morgan fingerprint density at radius 1 is 1.50 bits per heavy atom. The molecule has 0 spiro atoms. The predicted molar refractivity (Wildman–Crippen MR) is 58.0 cm³/mol. The first-order valence-corrected chi connectivity index (χ1v) is 7.05. The van der Waals surface area contributed by atoms with E-state index >= 15 is 0 Å². The predicted octanol–water partition coefficient (Wildman–Crippen LogP) is -0.156. The Morgan fingerprint density at radius 2 is 2.21 bits per heavy atom. The second-order valence-electron chi connectivity index (χ2n) is 3.83. The molecule has 1 rings (SSSR count). The second kappa shape index (κ2) is 5.09. The Bertz CT molecular complexity index is 264. The molecular formula is C9H20N2O2S. The SMILES string of the molecule is CCN(CCCN)C1CCS(=O)(=O)C1. The van der Waals surface area contributed by atoms with Crippen LogP contribution in [0.5, 0.6) is 0 Å². The molecular weight excluding hydrogens is 200 g/mol. The summed E-state index contributed by atoms with van der Waals surface area (Å²) in [5, 5.41) is 0. The summed E-state index contributed by atoms with van der Waals surface area (Å²) in [6.07, 6.45) is 1.74. The zero-order valence-electron chi connectivity index (χ0n) is 8.78. The van der Waals surface area contributed by atoms with Crippen molar-refractivity contribution in [2.45, 2.75) is 25.8 Å². The molecule has 4 nitrogen and oxygen atoms in total. The van der Waals surface area contributed by atoms with E-state index in [9.17, 15) is 8.42 Å². The van der Waals surface area contributed by atoms with Gasteiger partial charge in [-0.15, -0.1) is 0 Å². The minimum Gasteiger partial charge on any atom is -0.330 e. The van der Waals surface area contributed by atoms with Crippen molar-refractivity contribution in [3.63, 3.8) is 0 Å². The third-order valence-electron chi connectivity index (χ3n) is 2.78. The van der Waals surface area contributed by atoms with Gasteiger partial charge in [-0.25, -0.2) is 8.42 Å². The fourth-order valence-corrected chi connectivity index (χ4v) is 3.72. The minimum absolute atomic E-state index is 0.233. The van der Waals surface area contributed by atoms with Crippen LogP contribution < -0.4 is 5.73 Å². The van der Waals surface area contributed by atoms with E-state index in [2.05, 4.69) is 11.8 Å². The molecule has 0 aromatic heterocycles. The van der Waals surface area contributed by atoms with Crippen LogP contribution in [0.15, 0.2) is 0 Å². The van der Waals surface area contributed by atoms with E-state index in [1.165, 1.54) is 0 Å². The van der Waals surface area contributed by atoms with Gasteiger partial charge in [0.25, 0.3) is 0 Å². The van der Waals surface area contributed by atoms with Crippen LogP contribution in [0.25, 0.3) is 0 Å². The van der Waals surface area contributed by atoms with E-state index in [1.54, 1.807) is 0 Å². The van der Waals surface area contributed by atoms with E-state index in [-0.39, 0.29) is 6.04 Å². The lowest BCUT2D eigenvalue weighted by atomic mass is 10.2. The standard InChI is InChI=1S/C9H20N2O2S/c1-2-11(6-3-5-10)9-4-7-14(12,13)8-9/h9H,2-8,10H2,1H3. The zero-order valence-corrected chi connectivity index (χ0v) is 9.59. The molecule has 0 radical (unpaired) electrons. The van der Waals surface area contributed by atoms with E-state index in [0.717, 1.165) is 25.9 Å². The third kappa shape index (κ3) is 3.22. The smallest absolute Gasteiger partial charge is 0.151 e. The van der Waals surface area contributed by atoms with Crippen LogP contribution in [0.4, 0.5) is 0 Å². The highest BCUT2D eigenvalue weighted by molar-refractivity contribution is 7.91. The number of hydrogen-bond acceptors (Lipinski definition) is 4. The van der Waals surface area contributed by atoms with E-state index in [4.69, 9.17) is 5.73 Å². The van der Waals surface area contributed by atoms with Gasteiger partial charge < -0.3 is 5.73 Å². The first-order valence-electron chi connectivity index (χ1n) is 5.23. The molecule has 1 saturated heterocycles. The van der Waals surface area contributed by atoms with Crippen molar-refractivity contribution in [1.29, 1.82) is 0 Å². The van der Waals surface area contributed by atoms with Crippen LogP contribution in [-0.2, 0) is 9.84 Å². The van der Waals surface area contributed by atoms with Crippen molar-refractivity contribution in [2.24, 2.45) is 5.73 Å². The molecule has 1 atom stereocenters. The van der Waals surface area contributed by atoms with Gasteiger partial charge in [0.05, 0.1) is 11.5 Å². The van der Waals surface area contributed by atoms with Gasteiger partial charge in [-0.1, -0.05) is 6.92 Å². The van der Waals surface area contributed by atoms with Gasteiger partial charge in [0.15, 0.2) is 9.84 Å². The van der Waals surface area contributed by atoms with Crippen LogP contribution in [0, 0.1) is 0 Å². The molecule has 1 fully saturated rings. The van der Waals surface area contributed by atoms with Gasteiger partial charge in [-0.3, -0.25) is 4.90 Å². The quantitative estimate of drug-likeness (QED) is 0.699. The fourth-order valence-electron chi connectivity index (χ4n) is 1.96. The number of sulfone groups is 1. The van der Waals surface area contributed by atoms with Crippen molar-refractivity contribution in [3.8, 4) is 0 Å². The Balaban J connectivity index is 2.46. The highest BCUT2D eigenvalue weighted by atomic mass is 32.2. The molecule has 5 heteroatoms. The van der Waals surface area contributed by atoms with E-state index in [0.29, 0.717) is 18.1 Å². The minimum atomic E-state index is -2.75. The maximum Gasteiger partial charge on any atom is 0.151 e. The zero-order chi connectivity index (χ0) is 10.6. The maximum absolute atomic E-state index is 11.3. The Kier molecular flexibility index (Phi) is 4.34. The molecule has 0 aromatic rings. The Labute approximate surface area is 86.4 Å². The molecule has 0 saturated carbocycles. The van der Waals surface area contributed by atoms with Crippen LogP contribution in [0.2, 0.25) is 0 Å².